The summed E-state index contributed by atoms with van der Waals surface area (Å²) in [5.74, 6) is 5.63. The summed E-state index contributed by atoms with van der Waals surface area (Å²) in [7, 11) is 0. The first kappa shape index (κ1) is 86.0. The molecule has 0 amide bonds. The maximum absolute atomic E-state index is 5.27. The van der Waals surface area contributed by atoms with Crippen LogP contribution in [0.3, 0.4) is 0 Å². The molecule has 20 aromatic carbocycles. The van der Waals surface area contributed by atoms with E-state index in [1.807, 2.05) is 169 Å². The Morgan fingerprint density at radius 1 is 0.166 bits per heavy atom. The Morgan fingerprint density at radius 3 is 0.966 bits per heavy atom. The van der Waals surface area contributed by atoms with Gasteiger partial charge in [-0.15, -0.1) is 11.3 Å². The summed E-state index contributed by atoms with van der Waals surface area (Å²) < 4.78 is 11.8. The minimum Gasteiger partial charge on any atom is -0.309 e. The number of fused-ring (bicyclic) bond motifs is 13. The first-order valence-electron chi connectivity index (χ1n) is 48.6. The molecule has 0 bridgehead atoms. The first-order valence-corrected chi connectivity index (χ1v) is 49.4. The molecule has 28 aromatic rings. The van der Waals surface area contributed by atoms with E-state index in [1.165, 1.54) is 63.9 Å². The summed E-state index contributed by atoms with van der Waals surface area (Å²) in [6.45, 7) is 0. The van der Waals surface area contributed by atoms with E-state index in [0.717, 1.165) is 139 Å². The summed E-state index contributed by atoms with van der Waals surface area (Å²) >= 11 is 1.85. The van der Waals surface area contributed by atoms with Crippen molar-refractivity contribution in [2.45, 2.75) is 0 Å². The largest absolute Gasteiger partial charge is 0.309 e. The van der Waals surface area contributed by atoms with E-state index in [0.29, 0.717) is 52.7 Å². The standard InChI is InChI=1S/C49H33N5.C43H28N4.C39H24N4S/c1-6-20-34(21-7-1)45-43(39-30-16-18-32-41(39)53(45)38-28-14-5-15-29-38)44-40-31-17-19-33-42(40)54(46(44)35-22-8-2-9-23-35)49-51-47(36-24-10-3-11-25-36)50-48(52-49)37-26-12-4-13-27-37;1-4-13-31(14-5-1)41-44-42(32-15-6-2-7-16-32)46-43(45-41)33-22-20-29(21-23-33)34-24-26-37-39(28-34)47(35-17-8-3-9-18-35)38-27-25-30-12-10-11-19-36(30)40(37)38;1-3-12-25(13-4-1)37-40-38(26-14-5-2-6-15-26)42-39(41-37)43-33-20-9-7-16-29(33)30-23-22-27(24-34(30)43)28-18-11-19-32-31-17-8-10-21-35(31)44-36(28)32/h1-33H;1-28H;1-24H. The summed E-state index contributed by atoms with van der Waals surface area (Å²) in [5, 5.41) is 12.2. The number of para-hydroxylation sites is 5. The molecule has 0 aliphatic heterocycles. The number of hydrogen-bond donors (Lipinski definition) is 0. The molecule has 0 fully saturated rings. The molecular formula is C131H85N13S. The van der Waals surface area contributed by atoms with E-state index in [4.69, 9.17) is 44.9 Å². The predicted octanol–water partition coefficient (Wildman–Crippen LogP) is 33.2. The van der Waals surface area contributed by atoms with Crippen LogP contribution >= 0.6 is 11.3 Å². The second kappa shape index (κ2) is 37.4. The number of hydrogen-bond acceptors (Lipinski definition) is 10. The Bertz CT molecular complexity index is 9530. The average Bonchev–Trinajstić information content (AvgIpc) is 1.55. The third-order valence-corrected chi connectivity index (χ3v) is 28.3. The SMILES string of the molecule is c1ccc(-c2nc(-c3ccccc3)nc(-c3ccc(-c4ccc5c6c7ccccc7ccc6n(-c6ccccc6)c5c4)cc3)n2)cc1.c1ccc(-c2nc(-c3ccccc3)nc(-n3c(-c4ccccc4)c(-c4c(-c5ccccc5)n(-c5ccccc5)c5ccccc45)c4ccccc43)n2)cc1.c1ccc(-c2nc(-c3ccccc3)nc(-n3c4ccccc4c4ccc(-c5cccc6c5sc5ccccc56)cc43)n2)cc1. The second-order valence-electron chi connectivity index (χ2n) is 35.8. The van der Waals surface area contributed by atoms with Gasteiger partial charge in [0.05, 0.1) is 44.5 Å². The summed E-state index contributed by atoms with van der Waals surface area (Å²) in [6, 6.07) is 180. The lowest BCUT2D eigenvalue weighted by molar-refractivity contribution is 0.938. The third kappa shape index (κ3) is 16.0. The van der Waals surface area contributed by atoms with Crippen LogP contribution in [0.15, 0.2) is 516 Å². The molecule has 0 unspecified atom stereocenters. The van der Waals surface area contributed by atoms with Gasteiger partial charge in [0.25, 0.3) is 0 Å². The molecule has 0 radical (unpaired) electrons. The number of nitrogens with zero attached hydrogens (tertiary/aromatic N) is 13. The highest BCUT2D eigenvalue weighted by Crippen LogP contribution is 2.52. The highest BCUT2D eigenvalue weighted by Gasteiger charge is 2.32. The Labute approximate surface area is 839 Å². The van der Waals surface area contributed by atoms with Gasteiger partial charge in [-0.3, -0.25) is 9.13 Å². The molecule has 8 heterocycles. The molecule has 0 atom stereocenters. The smallest absolute Gasteiger partial charge is 0.238 e. The summed E-state index contributed by atoms with van der Waals surface area (Å²) in [4.78, 5) is 45.4. The van der Waals surface area contributed by atoms with Crippen molar-refractivity contribution in [3.8, 4) is 159 Å². The summed E-state index contributed by atoms with van der Waals surface area (Å²) in [6.07, 6.45) is 0. The maximum Gasteiger partial charge on any atom is 0.238 e. The predicted molar refractivity (Wildman–Crippen MR) is 597 cm³/mol. The number of benzene rings is 20. The fourth-order valence-electron chi connectivity index (χ4n) is 20.5. The minimum atomic E-state index is 0.553. The van der Waals surface area contributed by atoms with Gasteiger partial charge in [0.15, 0.2) is 40.8 Å². The number of thiophene rings is 1. The van der Waals surface area contributed by atoms with Crippen LogP contribution in [0.2, 0.25) is 0 Å². The third-order valence-electron chi connectivity index (χ3n) is 27.1. The van der Waals surface area contributed by atoms with Crippen molar-refractivity contribution < 1.29 is 0 Å². The van der Waals surface area contributed by atoms with Crippen LogP contribution in [0.1, 0.15) is 0 Å². The Hall–Kier alpha value is -19.4. The minimum absolute atomic E-state index is 0.553. The van der Waals surface area contributed by atoms with Crippen molar-refractivity contribution >= 4 is 108 Å². The van der Waals surface area contributed by atoms with E-state index in [-0.39, 0.29) is 0 Å². The van der Waals surface area contributed by atoms with Crippen LogP contribution in [0.25, 0.3) is 255 Å². The maximum atomic E-state index is 5.27. The fraction of sp³-hybridized carbons (Fsp3) is 0. The topological polar surface area (TPSA) is 136 Å². The molecule has 0 aliphatic rings. The van der Waals surface area contributed by atoms with Gasteiger partial charge in [-0.25, -0.2) is 24.9 Å². The van der Waals surface area contributed by atoms with Crippen molar-refractivity contribution in [2.24, 2.45) is 0 Å². The van der Waals surface area contributed by atoms with E-state index in [9.17, 15) is 0 Å². The van der Waals surface area contributed by atoms with Gasteiger partial charge in [-0.1, -0.05) is 449 Å². The van der Waals surface area contributed by atoms with Gasteiger partial charge >= 0.3 is 0 Å². The molecule has 0 spiro atoms. The molecule has 0 aliphatic carbocycles. The van der Waals surface area contributed by atoms with Crippen LogP contribution in [-0.4, -0.2) is 63.1 Å². The monoisotopic (exact) mass is 1870 g/mol. The lowest BCUT2D eigenvalue weighted by atomic mass is 9.93. The van der Waals surface area contributed by atoms with E-state index in [2.05, 4.69) is 376 Å². The zero-order chi connectivity index (χ0) is 96.0. The van der Waals surface area contributed by atoms with Gasteiger partial charge in [0, 0.05) is 114 Å². The second-order valence-corrected chi connectivity index (χ2v) is 36.9. The Balaban J connectivity index is 0.000000111. The summed E-state index contributed by atoms with van der Waals surface area (Å²) in [5.41, 5.74) is 26.7. The molecule has 14 heteroatoms. The molecule has 13 nitrogen and oxygen atoms in total. The lowest BCUT2D eigenvalue weighted by Gasteiger charge is -2.16. The fourth-order valence-corrected chi connectivity index (χ4v) is 21.7. The van der Waals surface area contributed by atoms with Crippen molar-refractivity contribution in [3.05, 3.63) is 516 Å². The molecule has 0 N–H and O–H groups in total. The lowest BCUT2D eigenvalue weighted by Crippen LogP contribution is -2.08. The molecule has 145 heavy (non-hydrogen) atoms. The average molecular weight is 1870 g/mol. The molecule has 8 aromatic heterocycles. The number of rotatable bonds is 16. The Kier molecular flexibility index (Phi) is 22.2. The van der Waals surface area contributed by atoms with Crippen LogP contribution in [-0.2, 0) is 0 Å². The normalized spacial score (nSPS) is 11.4. The van der Waals surface area contributed by atoms with E-state index >= 15 is 0 Å². The van der Waals surface area contributed by atoms with Crippen molar-refractivity contribution in [3.63, 3.8) is 0 Å². The van der Waals surface area contributed by atoms with Crippen molar-refractivity contribution in [2.75, 3.05) is 0 Å². The molecule has 0 saturated carbocycles. The highest BCUT2D eigenvalue weighted by molar-refractivity contribution is 7.26. The zero-order valence-electron chi connectivity index (χ0n) is 78.3. The highest BCUT2D eigenvalue weighted by atomic mass is 32.1. The molecular weight excluding hydrogens is 1790 g/mol. The number of aromatic nitrogens is 13. The van der Waals surface area contributed by atoms with Crippen molar-refractivity contribution in [1.29, 1.82) is 0 Å². The Morgan fingerprint density at radius 2 is 0.483 bits per heavy atom. The molecule has 0 saturated heterocycles. The van der Waals surface area contributed by atoms with Crippen molar-refractivity contribution in [1.82, 2.24) is 63.1 Å². The van der Waals surface area contributed by atoms with Gasteiger partial charge in [-0.2, -0.15) is 19.9 Å². The van der Waals surface area contributed by atoms with Gasteiger partial charge in [0.2, 0.25) is 11.9 Å². The van der Waals surface area contributed by atoms with Crippen LogP contribution in [0, 0.1) is 0 Å². The van der Waals surface area contributed by atoms with Gasteiger partial charge < -0.3 is 9.13 Å². The van der Waals surface area contributed by atoms with E-state index < -0.39 is 0 Å². The van der Waals surface area contributed by atoms with Crippen LogP contribution < -0.4 is 0 Å². The quantitative estimate of drug-likeness (QED) is 0.0926. The van der Waals surface area contributed by atoms with E-state index in [1.54, 1.807) is 0 Å². The first-order chi connectivity index (χ1) is 71.9. The van der Waals surface area contributed by atoms with Gasteiger partial charge in [0.1, 0.15) is 0 Å². The zero-order valence-corrected chi connectivity index (χ0v) is 79.1. The van der Waals surface area contributed by atoms with Crippen LogP contribution in [0.4, 0.5) is 0 Å². The molecule has 680 valence electrons. The van der Waals surface area contributed by atoms with Crippen LogP contribution in [0.5, 0.6) is 0 Å². The van der Waals surface area contributed by atoms with Gasteiger partial charge in [-0.05, 0) is 111 Å². The molecule has 28 rings (SSSR count).